The van der Waals surface area contributed by atoms with Crippen LogP contribution >= 0.6 is 0 Å². The van der Waals surface area contributed by atoms with Crippen LogP contribution in [0.25, 0.3) is 11.0 Å². The third-order valence-electron chi connectivity index (χ3n) is 3.25. The second kappa shape index (κ2) is 5.17. The highest BCUT2D eigenvalue weighted by Crippen LogP contribution is 2.27. The van der Waals surface area contributed by atoms with Crippen molar-refractivity contribution in [3.8, 4) is 0 Å². The highest BCUT2D eigenvalue weighted by atomic mass is 15.3. The summed E-state index contributed by atoms with van der Waals surface area (Å²) >= 11 is 0. The van der Waals surface area contributed by atoms with Gasteiger partial charge in [-0.1, -0.05) is 26.7 Å². The minimum atomic E-state index is 0.899. The predicted molar refractivity (Wildman–Crippen MR) is 70.9 cm³/mol. The molecular formula is C13H20N4. The molecule has 2 aromatic rings. The van der Waals surface area contributed by atoms with E-state index in [4.69, 9.17) is 5.73 Å². The standard InChI is InChI=1S/C13H20N4/c1-3-5-6-7-9-8-11-13(16-17-15-11)10(4-2)12(9)14/h8H,3-7,14H2,1-2H3,(H,15,16,17). The van der Waals surface area contributed by atoms with Crippen molar-refractivity contribution in [1.82, 2.24) is 15.4 Å². The molecule has 1 aromatic carbocycles. The fraction of sp³-hybridized carbons (Fsp3) is 0.538. The number of fused-ring (bicyclic) bond motifs is 1. The Bertz CT molecular complexity index is 501. The van der Waals surface area contributed by atoms with Gasteiger partial charge in [0, 0.05) is 11.3 Å². The molecule has 17 heavy (non-hydrogen) atoms. The lowest BCUT2D eigenvalue weighted by Crippen LogP contribution is -2.01. The van der Waals surface area contributed by atoms with E-state index in [1.807, 2.05) is 0 Å². The summed E-state index contributed by atoms with van der Waals surface area (Å²) in [6.45, 7) is 4.32. The van der Waals surface area contributed by atoms with E-state index >= 15 is 0 Å². The van der Waals surface area contributed by atoms with Gasteiger partial charge in [0.25, 0.3) is 0 Å². The molecule has 0 spiro atoms. The Balaban J connectivity index is 2.38. The number of rotatable bonds is 5. The Hall–Kier alpha value is -1.58. The monoisotopic (exact) mass is 232 g/mol. The van der Waals surface area contributed by atoms with Crippen LogP contribution in [0.5, 0.6) is 0 Å². The summed E-state index contributed by atoms with van der Waals surface area (Å²) in [5.74, 6) is 0. The number of nitrogen functional groups attached to an aromatic ring is 1. The molecule has 0 unspecified atom stereocenters. The number of benzene rings is 1. The van der Waals surface area contributed by atoms with Crippen molar-refractivity contribution < 1.29 is 0 Å². The first-order valence-corrected chi connectivity index (χ1v) is 6.38. The third-order valence-corrected chi connectivity index (χ3v) is 3.25. The molecule has 0 aliphatic rings. The van der Waals surface area contributed by atoms with Gasteiger partial charge in [0.15, 0.2) is 0 Å². The molecule has 4 nitrogen and oxygen atoms in total. The second-order valence-corrected chi connectivity index (χ2v) is 4.43. The lowest BCUT2D eigenvalue weighted by atomic mass is 9.99. The van der Waals surface area contributed by atoms with E-state index in [-0.39, 0.29) is 0 Å². The van der Waals surface area contributed by atoms with Crippen molar-refractivity contribution in [3.63, 3.8) is 0 Å². The van der Waals surface area contributed by atoms with E-state index in [2.05, 4.69) is 35.3 Å². The van der Waals surface area contributed by atoms with Gasteiger partial charge in [0.05, 0.1) is 0 Å². The molecule has 92 valence electrons. The molecule has 0 fully saturated rings. The lowest BCUT2D eigenvalue weighted by Gasteiger charge is -2.10. The van der Waals surface area contributed by atoms with Gasteiger partial charge in [-0.15, -0.1) is 0 Å². The first-order chi connectivity index (χ1) is 8.27. The van der Waals surface area contributed by atoms with Crippen molar-refractivity contribution in [1.29, 1.82) is 0 Å². The maximum Gasteiger partial charge on any atom is 0.118 e. The van der Waals surface area contributed by atoms with Crippen LogP contribution in [-0.2, 0) is 12.8 Å². The number of hydrogen-bond donors (Lipinski definition) is 2. The zero-order chi connectivity index (χ0) is 12.3. The first-order valence-electron chi connectivity index (χ1n) is 6.38. The van der Waals surface area contributed by atoms with Crippen molar-refractivity contribution in [2.75, 3.05) is 5.73 Å². The number of nitrogens with one attached hydrogen (secondary N) is 1. The molecule has 3 N–H and O–H groups in total. The first kappa shape index (κ1) is 11.9. The van der Waals surface area contributed by atoms with Gasteiger partial charge >= 0.3 is 0 Å². The van der Waals surface area contributed by atoms with Gasteiger partial charge in [0.1, 0.15) is 11.0 Å². The van der Waals surface area contributed by atoms with Crippen LogP contribution in [0, 0.1) is 0 Å². The molecule has 0 bridgehead atoms. The Morgan fingerprint density at radius 3 is 2.76 bits per heavy atom. The fourth-order valence-corrected chi connectivity index (χ4v) is 2.26. The molecule has 0 aliphatic carbocycles. The number of anilines is 1. The zero-order valence-corrected chi connectivity index (χ0v) is 10.6. The number of aromatic amines is 1. The quantitative estimate of drug-likeness (QED) is 0.615. The van der Waals surface area contributed by atoms with Crippen molar-refractivity contribution in [2.24, 2.45) is 0 Å². The minimum Gasteiger partial charge on any atom is -0.398 e. The molecule has 1 heterocycles. The largest absolute Gasteiger partial charge is 0.398 e. The summed E-state index contributed by atoms with van der Waals surface area (Å²) in [6, 6.07) is 2.07. The van der Waals surface area contributed by atoms with E-state index in [0.717, 1.165) is 35.1 Å². The van der Waals surface area contributed by atoms with Gasteiger partial charge in [-0.25, -0.2) is 0 Å². The molecule has 0 atom stereocenters. The number of nitrogens with zero attached hydrogens (tertiary/aromatic N) is 2. The molecule has 2 rings (SSSR count). The maximum absolute atomic E-state index is 6.22. The smallest absolute Gasteiger partial charge is 0.118 e. The molecule has 0 saturated heterocycles. The van der Waals surface area contributed by atoms with Crippen LogP contribution in [0.3, 0.4) is 0 Å². The average molecular weight is 232 g/mol. The van der Waals surface area contributed by atoms with Crippen molar-refractivity contribution >= 4 is 16.7 Å². The van der Waals surface area contributed by atoms with E-state index in [9.17, 15) is 0 Å². The Morgan fingerprint density at radius 2 is 2.06 bits per heavy atom. The predicted octanol–water partition coefficient (Wildman–Crippen LogP) is 2.84. The van der Waals surface area contributed by atoms with Gasteiger partial charge < -0.3 is 5.73 Å². The highest BCUT2D eigenvalue weighted by Gasteiger charge is 2.12. The molecule has 0 aliphatic heterocycles. The molecule has 0 amide bonds. The van der Waals surface area contributed by atoms with E-state index in [0.29, 0.717) is 0 Å². The van der Waals surface area contributed by atoms with E-state index < -0.39 is 0 Å². The van der Waals surface area contributed by atoms with Crippen LogP contribution in [0.1, 0.15) is 44.2 Å². The van der Waals surface area contributed by atoms with Gasteiger partial charge in [-0.2, -0.15) is 15.4 Å². The molecular weight excluding hydrogens is 212 g/mol. The number of aromatic nitrogens is 3. The van der Waals surface area contributed by atoms with Gasteiger partial charge in [0.2, 0.25) is 0 Å². The Morgan fingerprint density at radius 1 is 1.24 bits per heavy atom. The normalized spacial score (nSPS) is 11.2. The lowest BCUT2D eigenvalue weighted by molar-refractivity contribution is 0.718. The number of aryl methyl sites for hydroxylation is 2. The summed E-state index contributed by atoms with van der Waals surface area (Å²) in [6.07, 6.45) is 5.60. The Labute approximate surface area is 102 Å². The summed E-state index contributed by atoms with van der Waals surface area (Å²) < 4.78 is 0. The van der Waals surface area contributed by atoms with Gasteiger partial charge in [-0.05, 0) is 30.9 Å². The molecule has 0 radical (unpaired) electrons. The fourth-order valence-electron chi connectivity index (χ4n) is 2.26. The minimum absolute atomic E-state index is 0.899. The second-order valence-electron chi connectivity index (χ2n) is 4.43. The van der Waals surface area contributed by atoms with Crippen molar-refractivity contribution in [2.45, 2.75) is 46.0 Å². The molecule has 1 aromatic heterocycles. The summed E-state index contributed by atoms with van der Waals surface area (Å²) in [5, 5.41) is 11.0. The summed E-state index contributed by atoms with van der Waals surface area (Å²) in [4.78, 5) is 0. The highest BCUT2D eigenvalue weighted by molar-refractivity contribution is 5.84. The van der Waals surface area contributed by atoms with Crippen LogP contribution in [-0.4, -0.2) is 15.4 Å². The number of hydrogen-bond acceptors (Lipinski definition) is 3. The number of nitrogens with two attached hydrogens (primary N) is 1. The topological polar surface area (TPSA) is 67.6 Å². The number of unbranched alkanes of at least 4 members (excludes halogenated alkanes) is 2. The maximum atomic E-state index is 6.22. The van der Waals surface area contributed by atoms with Gasteiger partial charge in [-0.3, -0.25) is 0 Å². The molecule has 0 saturated carbocycles. The zero-order valence-electron chi connectivity index (χ0n) is 10.6. The van der Waals surface area contributed by atoms with E-state index in [1.165, 1.54) is 24.8 Å². The summed E-state index contributed by atoms with van der Waals surface area (Å²) in [5.41, 5.74) is 11.3. The summed E-state index contributed by atoms with van der Waals surface area (Å²) in [7, 11) is 0. The Kier molecular flexibility index (Phi) is 3.61. The van der Waals surface area contributed by atoms with Crippen LogP contribution in [0.4, 0.5) is 5.69 Å². The number of H-pyrrole nitrogens is 1. The molecule has 4 heteroatoms. The van der Waals surface area contributed by atoms with Crippen LogP contribution in [0.15, 0.2) is 6.07 Å². The van der Waals surface area contributed by atoms with E-state index in [1.54, 1.807) is 0 Å². The van der Waals surface area contributed by atoms with Crippen LogP contribution in [0.2, 0.25) is 0 Å². The van der Waals surface area contributed by atoms with Crippen molar-refractivity contribution in [3.05, 3.63) is 17.2 Å². The average Bonchev–Trinajstić information content (AvgIpc) is 2.78. The SMILES string of the molecule is CCCCCc1cc2n[nH]nc2c(CC)c1N. The van der Waals surface area contributed by atoms with Crippen LogP contribution < -0.4 is 5.73 Å². The third kappa shape index (κ3) is 2.25.